The average Bonchev–Trinajstić information content (AvgIpc) is 3.40. The van der Waals surface area contributed by atoms with Crippen LogP contribution in [-0.2, 0) is 0 Å². The van der Waals surface area contributed by atoms with Crippen LogP contribution in [0.15, 0.2) is 12.1 Å². The van der Waals surface area contributed by atoms with E-state index in [9.17, 15) is 5.11 Å². The predicted octanol–water partition coefficient (Wildman–Crippen LogP) is 7.56. The number of aryl methyl sites for hydroxylation is 1. The summed E-state index contributed by atoms with van der Waals surface area (Å²) in [5.74, 6) is 3.08. The van der Waals surface area contributed by atoms with Crippen LogP contribution in [0, 0.1) is 57.7 Å². The van der Waals surface area contributed by atoms with E-state index in [0.717, 1.165) is 23.4 Å². The molecule has 5 aliphatic rings. The highest BCUT2D eigenvalue weighted by Gasteiger charge is 2.69. The highest BCUT2D eigenvalue weighted by Crippen LogP contribution is 2.76. The molecule has 0 amide bonds. The Labute approximate surface area is 207 Å². The van der Waals surface area contributed by atoms with Crippen LogP contribution in [0.25, 0.3) is 5.57 Å². The molecule has 7 unspecified atom stereocenters. The molecule has 0 radical (unpaired) electrons. The third-order valence-corrected chi connectivity index (χ3v) is 13.4. The largest absolute Gasteiger partial charge is 0.396 e. The molecular formula is C31H48N2O. The summed E-state index contributed by atoms with van der Waals surface area (Å²) in [5.41, 5.74) is 5.40. The molecule has 0 aromatic carbocycles. The van der Waals surface area contributed by atoms with Crippen LogP contribution in [0.4, 0.5) is 0 Å². The molecule has 1 aromatic heterocycles. The molecule has 1 aromatic rings. The number of nitrogens with zero attached hydrogens (tertiary/aromatic N) is 1. The van der Waals surface area contributed by atoms with E-state index in [2.05, 4.69) is 63.9 Å². The van der Waals surface area contributed by atoms with Gasteiger partial charge in [0.15, 0.2) is 0 Å². The lowest BCUT2D eigenvalue weighted by molar-refractivity contribution is -0.225. The van der Waals surface area contributed by atoms with Crippen molar-refractivity contribution >= 4 is 5.57 Å². The lowest BCUT2D eigenvalue weighted by Crippen LogP contribution is -2.65. The number of nitrogens with one attached hydrogen (secondary N) is 1. The highest BCUT2D eigenvalue weighted by molar-refractivity contribution is 5.69. The van der Waals surface area contributed by atoms with Gasteiger partial charge in [-0.2, -0.15) is 5.10 Å². The van der Waals surface area contributed by atoms with Crippen molar-refractivity contribution in [2.24, 2.45) is 50.7 Å². The second-order valence-electron chi connectivity index (χ2n) is 14.7. The average molecular weight is 465 g/mol. The Balaban J connectivity index is 1.38. The van der Waals surface area contributed by atoms with Crippen LogP contribution >= 0.6 is 0 Å². The van der Waals surface area contributed by atoms with Crippen LogP contribution in [0.1, 0.15) is 110 Å². The number of fused-ring (bicyclic) bond motifs is 7. The number of H-pyrrole nitrogens is 1. The Morgan fingerprint density at radius 1 is 0.912 bits per heavy atom. The Kier molecular flexibility index (Phi) is 4.96. The Morgan fingerprint density at radius 2 is 1.71 bits per heavy atom. The molecule has 5 aliphatic carbocycles. The fourth-order valence-corrected chi connectivity index (χ4v) is 11.6. The first kappa shape index (κ1) is 23.3. The normalized spacial score (nSPS) is 49.4. The predicted molar refractivity (Wildman–Crippen MR) is 139 cm³/mol. The van der Waals surface area contributed by atoms with Crippen LogP contribution in [0.3, 0.4) is 0 Å². The maximum atomic E-state index is 10.5. The minimum atomic E-state index is 0.151. The number of aliphatic hydroxyl groups is 1. The summed E-state index contributed by atoms with van der Waals surface area (Å²) in [7, 11) is 0. The molecular weight excluding hydrogens is 416 g/mol. The molecule has 0 aliphatic heterocycles. The molecule has 8 atom stereocenters. The van der Waals surface area contributed by atoms with E-state index in [1.165, 1.54) is 75.5 Å². The summed E-state index contributed by atoms with van der Waals surface area (Å²) in [6.07, 6.45) is 15.9. The third-order valence-electron chi connectivity index (χ3n) is 13.4. The number of aromatic amines is 1. The maximum absolute atomic E-state index is 10.5. The summed E-state index contributed by atoms with van der Waals surface area (Å²) in [5, 5.41) is 18.4. The van der Waals surface area contributed by atoms with Crippen molar-refractivity contribution in [1.82, 2.24) is 10.2 Å². The number of hydrogen-bond acceptors (Lipinski definition) is 2. The van der Waals surface area contributed by atoms with Gasteiger partial charge in [0.2, 0.25) is 0 Å². The molecule has 0 bridgehead atoms. The summed E-state index contributed by atoms with van der Waals surface area (Å²) in [6, 6.07) is 2.24. The van der Waals surface area contributed by atoms with Crippen molar-refractivity contribution in [1.29, 1.82) is 0 Å². The Bertz CT molecular complexity index is 1010. The van der Waals surface area contributed by atoms with Crippen molar-refractivity contribution in [3.8, 4) is 0 Å². The van der Waals surface area contributed by atoms with Gasteiger partial charge >= 0.3 is 0 Å². The first-order valence-electron chi connectivity index (χ1n) is 14.4. The van der Waals surface area contributed by atoms with E-state index in [1.54, 1.807) is 0 Å². The Hall–Kier alpha value is -1.09. The number of hydrogen-bond donors (Lipinski definition) is 2. The maximum Gasteiger partial charge on any atom is 0.0885 e. The van der Waals surface area contributed by atoms with Gasteiger partial charge in [-0.25, -0.2) is 0 Å². The first-order valence-corrected chi connectivity index (χ1v) is 14.4. The standard InChI is InChI=1S/C31H48N2O/c1-20-18-24(33-32-20)23-11-14-28(4)25(27(23,2)3)12-15-30(6)26(28)10-9-21-22-8-7-13-31(22,19-34)17-16-29(21,30)5/h11,18,21-22,25-26,34H,7-10,12-17,19H2,1-6H3,(H,32,33)/t21?,22?,25?,26?,28?,29-,30?,31?/m1/s1. The second-order valence-corrected chi connectivity index (χ2v) is 14.7. The van der Waals surface area contributed by atoms with Crippen LogP contribution in [0.5, 0.6) is 0 Å². The van der Waals surface area contributed by atoms with Gasteiger partial charge in [0.1, 0.15) is 0 Å². The van der Waals surface area contributed by atoms with Crippen molar-refractivity contribution in [3.63, 3.8) is 0 Å². The van der Waals surface area contributed by atoms with Crippen molar-refractivity contribution in [3.05, 3.63) is 23.5 Å². The second kappa shape index (κ2) is 7.24. The van der Waals surface area contributed by atoms with Gasteiger partial charge in [0, 0.05) is 12.3 Å². The number of allylic oxidation sites excluding steroid dienone is 2. The quantitative estimate of drug-likeness (QED) is 0.474. The SMILES string of the molecule is Cc1cc(C2=CCC3(C)C(CCC4(C)C3CCC3C5CCCC5(CO)CC[C@]34C)C2(C)C)n[nH]1. The lowest BCUT2D eigenvalue weighted by atomic mass is 9.33. The molecule has 34 heavy (non-hydrogen) atoms. The number of rotatable bonds is 2. The van der Waals surface area contributed by atoms with E-state index in [4.69, 9.17) is 0 Å². The molecule has 3 heteroatoms. The van der Waals surface area contributed by atoms with Gasteiger partial charge in [-0.05, 0) is 127 Å². The van der Waals surface area contributed by atoms with Gasteiger partial charge in [0.05, 0.1) is 5.69 Å². The van der Waals surface area contributed by atoms with E-state index >= 15 is 0 Å². The molecule has 1 heterocycles. The number of aromatic nitrogens is 2. The minimum Gasteiger partial charge on any atom is -0.396 e. The molecule has 4 saturated carbocycles. The smallest absolute Gasteiger partial charge is 0.0885 e. The molecule has 6 rings (SSSR count). The zero-order chi connectivity index (χ0) is 24.1. The van der Waals surface area contributed by atoms with E-state index in [-0.39, 0.29) is 10.8 Å². The van der Waals surface area contributed by atoms with E-state index in [0.29, 0.717) is 28.8 Å². The summed E-state index contributed by atoms with van der Waals surface area (Å²) in [6.45, 7) is 15.7. The lowest BCUT2D eigenvalue weighted by Gasteiger charge is -2.72. The summed E-state index contributed by atoms with van der Waals surface area (Å²) < 4.78 is 0. The van der Waals surface area contributed by atoms with Gasteiger partial charge < -0.3 is 5.11 Å². The fourth-order valence-electron chi connectivity index (χ4n) is 11.6. The fraction of sp³-hybridized carbons (Fsp3) is 0.839. The molecule has 0 saturated heterocycles. The minimum absolute atomic E-state index is 0.151. The third kappa shape index (κ3) is 2.72. The highest BCUT2D eigenvalue weighted by atomic mass is 16.3. The van der Waals surface area contributed by atoms with Gasteiger partial charge in [0.25, 0.3) is 0 Å². The van der Waals surface area contributed by atoms with Crippen LogP contribution in [0.2, 0.25) is 0 Å². The van der Waals surface area contributed by atoms with Crippen LogP contribution in [-0.4, -0.2) is 21.9 Å². The van der Waals surface area contributed by atoms with E-state index in [1.807, 2.05) is 0 Å². The Morgan fingerprint density at radius 3 is 2.41 bits per heavy atom. The van der Waals surface area contributed by atoms with Gasteiger partial charge in [-0.1, -0.05) is 47.1 Å². The van der Waals surface area contributed by atoms with Crippen molar-refractivity contribution < 1.29 is 5.11 Å². The topological polar surface area (TPSA) is 48.9 Å². The van der Waals surface area contributed by atoms with Gasteiger partial charge in [-0.3, -0.25) is 5.10 Å². The summed E-state index contributed by atoms with van der Waals surface area (Å²) in [4.78, 5) is 0. The zero-order valence-electron chi connectivity index (χ0n) is 22.6. The number of aliphatic hydroxyl groups excluding tert-OH is 1. The molecule has 0 spiro atoms. The zero-order valence-corrected chi connectivity index (χ0v) is 22.6. The monoisotopic (exact) mass is 464 g/mol. The van der Waals surface area contributed by atoms with Gasteiger partial charge in [-0.15, -0.1) is 0 Å². The summed E-state index contributed by atoms with van der Waals surface area (Å²) >= 11 is 0. The molecule has 188 valence electrons. The molecule has 3 nitrogen and oxygen atoms in total. The van der Waals surface area contributed by atoms with Crippen molar-refractivity contribution in [2.45, 2.75) is 106 Å². The molecule has 4 fully saturated rings. The van der Waals surface area contributed by atoms with Crippen LogP contribution < -0.4 is 0 Å². The molecule has 2 N–H and O–H groups in total. The van der Waals surface area contributed by atoms with Crippen molar-refractivity contribution in [2.75, 3.05) is 6.61 Å². The first-order chi connectivity index (χ1) is 16.0. The van der Waals surface area contributed by atoms with E-state index < -0.39 is 0 Å².